The number of nitrogens with one attached hydrogen (secondary N) is 2. The van der Waals surface area contributed by atoms with Gasteiger partial charge in [0, 0.05) is 30.4 Å². The van der Waals surface area contributed by atoms with Crippen LogP contribution in [0.2, 0.25) is 0 Å². The summed E-state index contributed by atoms with van der Waals surface area (Å²) < 4.78 is 12.7. The first-order valence-electron chi connectivity index (χ1n) is 9.84. The molecule has 0 fully saturated rings. The lowest BCUT2D eigenvalue weighted by molar-refractivity contribution is -0.139. The van der Waals surface area contributed by atoms with Crippen LogP contribution in [0.15, 0.2) is 82.0 Å². The topological polar surface area (TPSA) is 98.4 Å². The lowest BCUT2D eigenvalue weighted by Crippen LogP contribution is -2.46. The minimum atomic E-state index is -0.720. The number of thioether (sulfide) groups is 1. The molecule has 1 aromatic carbocycles. The molecular formula is C22H22N4O4S. The summed E-state index contributed by atoms with van der Waals surface area (Å²) in [5.74, 6) is 0.301. The molecule has 0 radical (unpaired) electrons. The molecule has 0 spiro atoms. The van der Waals surface area contributed by atoms with Crippen molar-refractivity contribution in [3.8, 4) is 0 Å². The van der Waals surface area contributed by atoms with Gasteiger partial charge in [-0.3, -0.25) is 0 Å². The van der Waals surface area contributed by atoms with E-state index in [1.165, 1.54) is 18.0 Å². The molecule has 0 aliphatic carbocycles. The van der Waals surface area contributed by atoms with Gasteiger partial charge in [0.05, 0.1) is 18.4 Å². The number of nitrogens with zero attached hydrogens (tertiary/aromatic N) is 2. The maximum absolute atomic E-state index is 12.7. The fraction of sp³-hybridized carbons (Fsp3) is 0.227. The van der Waals surface area contributed by atoms with Crippen molar-refractivity contribution in [2.45, 2.75) is 24.7 Å². The number of furan rings is 1. The maximum Gasteiger partial charge on any atom is 0.338 e. The Morgan fingerprint density at radius 3 is 2.84 bits per heavy atom. The SMILES string of the molecule is CCOC(=O)C1=C(CSc2nccn2Cc2ccccc2)NC(=O)NC1c1ccco1. The molecule has 2 amide bonds. The smallest absolute Gasteiger partial charge is 0.338 e. The number of rotatable bonds is 8. The summed E-state index contributed by atoms with van der Waals surface area (Å²) in [7, 11) is 0. The van der Waals surface area contributed by atoms with Gasteiger partial charge in [0.25, 0.3) is 0 Å². The molecule has 3 aromatic rings. The molecule has 0 bridgehead atoms. The Morgan fingerprint density at radius 2 is 2.10 bits per heavy atom. The minimum Gasteiger partial charge on any atom is -0.467 e. The normalized spacial score (nSPS) is 16.0. The summed E-state index contributed by atoms with van der Waals surface area (Å²) >= 11 is 1.43. The van der Waals surface area contributed by atoms with Gasteiger partial charge in [0.15, 0.2) is 5.16 Å². The van der Waals surface area contributed by atoms with Crippen molar-refractivity contribution < 1.29 is 18.7 Å². The predicted molar refractivity (Wildman–Crippen MR) is 115 cm³/mol. The maximum atomic E-state index is 12.7. The van der Waals surface area contributed by atoms with Gasteiger partial charge in [-0.15, -0.1) is 0 Å². The number of urea groups is 1. The highest BCUT2D eigenvalue weighted by molar-refractivity contribution is 7.99. The predicted octanol–water partition coefficient (Wildman–Crippen LogP) is 3.49. The molecule has 31 heavy (non-hydrogen) atoms. The summed E-state index contributed by atoms with van der Waals surface area (Å²) in [5.41, 5.74) is 1.95. The number of carbonyl (C=O) groups is 2. The zero-order valence-electron chi connectivity index (χ0n) is 16.9. The minimum absolute atomic E-state index is 0.225. The lowest BCUT2D eigenvalue weighted by atomic mass is 10.0. The van der Waals surface area contributed by atoms with Crippen LogP contribution in [0.3, 0.4) is 0 Å². The molecule has 8 nitrogen and oxygen atoms in total. The molecule has 3 heterocycles. The Hall–Kier alpha value is -3.46. The number of benzene rings is 1. The molecular weight excluding hydrogens is 416 g/mol. The molecule has 9 heteroatoms. The van der Waals surface area contributed by atoms with Crippen LogP contribution in [-0.4, -0.2) is 33.9 Å². The first-order chi connectivity index (χ1) is 15.2. The fourth-order valence-electron chi connectivity index (χ4n) is 3.32. The zero-order valence-corrected chi connectivity index (χ0v) is 17.7. The van der Waals surface area contributed by atoms with E-state index < -0.39 is 18.0 Å². The van der Waals surface area contributed by atoms with E-state index in [-0.39, 0.29) is 6.61 Å². The molecule has 0 saturated heterocycles. The van der Waals surface area contributed by atoms with Gasteiger partial charge in [-0.25, -0.2) is 14.6 Å². The summed E-state index contributed by atoms with van der Waals surface area (Å²) in [4.78, 5) is 29.5. The second kappa shape index (κ2) is 9.57. The van der Waals surface area contributed by atoms with Crippen molar-refractivity contribution in [1.82, 2.24) is 20.2 Å². The van der Waals surface area contributed by atoms with Crippen molar-refractivity contribution in [3.05, 3.63) is 83.7 Å². The van der Waals surface area contributed by atoms with Crippen LogP contribution in [-0.2, 0) is 16.1 Å². The first-order valence-corrected chi connectivity index (χ1v) is 10.8. The average Bonchev–Trinajstić information content (AvgIpc) is 3.45. The number of aromatic nitrogens is 2. The highest BCUT2D eigenvalue weighted by atomic mass is 32.2. The molecule has 2 aromatic heterocycles. The van der Waals surface area contributed by atoms with Gasteiger partial charge in [-0.2, -0.15) is 0 Å². The van der Waals surface area contributed by atoms with Crippen LogP contribution in [0.5, 0.6) is 0 Å². The molecule has 2 N–H and O–H groups in total. The van der Waals surface area contributed by atoms with Crippen molar-refractivity contribution in [2.24, 2.45) is 0 Å². The van der Waals surface area contributed by atoms with Gasteiger partial charge < -0.3 is 24.4 Å². The van der Waals surface area contributed by atoms with Crippen LogP contribution in [0, 0.1) is 0 Å². The average molecular weight is 439 g/mol. The van der Waals surface area contributed by atoms with E-state index in [1.807, 2.05) is 29.0 Å². The van der Waals surface area contributed by atoms with Crippen molar-refractivity contribution >= 4 is 23.8 Å². The lowest BCUT2D eigenvalue weighted by Gasteiger charge is -2.27. The van der Waals surface area contributed by atoms with Gasteiger partial charge >= 0.3 is 12.0 Å². The molecule has 4 rings (SSSR count). The van der Waals surface area contributed by atoms with Crippen LogP contribution in [0.1, 0.15) is 24.3 Å². The van der Waals surface area contributed by atoms with Gasteiger partial charge in [0.1, 0.15) is 11.8 Å². The quantitative estimate of drug-likeness (QED) is 0.413. The number of imidazole rings is 1. The van der Waals surface area contributed by atoms with Crippen LogP contribution < -0.4 is 10.6 Å². The number of carbonyl (C=O) groups excluding carboxylic acids is 2. The molecule has 1 atom stereocenters. The number of esters is 1. The number of hydrogen-bond acceptors (Lipinski definition) is 6. The summed E-state index contributed by atoms with van der Waals surface area (Å²) in [5, 5.41) is 6.28. The van der Waals surface area contributed by atoms with Gasteiger partial charge in [-0.05, 0) is 24.6 Å². The third-order valence-corrected chi connectivity index (χ3v) is 5.73. The van der Waals surface area contributed by atoms with Crippen molar-refractivity contribution in [1.29, 1.82) is 0 Å². The largest absolute Gasteiger partial charge is 0.467 e. The zero-order chi connectivity index (χ0) is 21.6. The van der Waals surface area contributed by atoms with Crippen LogP contribution in [0.4, 0.5) is 4.79 Å². The monoisotopic (exact) mass is 438 g/mol. The highest BCUT2D eigenvalue weighted by Crippen LogP contribution is 2.30. The van der Waals surface area contributed by atoms with E-state index in [9.17, 15) is 9.59 Å². The van der Waals surface area contributed by atoms with Crippen molar-refractivity contribution in [3.63, 3.8) is 0 Å². The van der Waals surface area contributed by atoms with E-state index in [0.29, 0.717) is 29.3 Å². The third-order valence-electron chi connectivity index (χ3n) is 4.70. The van der Waals surface area contributed by atoms with E-state index in [0.717, 1.165) is 10.7 Å². The summed E-state index contributed by atoms with van der Waals surface area (Å²) in [6.45, 7) is 2.64. The second-order valence-electron chi connectivity index (χ2n) is 6.77. The fourth-order valence-corrected chi connectivity index (χ4v) is 4.25. The van der Waals surface area contributed by atoms with Crippen molar-refractivity contribution in [2.75, 3.05) is 12.4 Å². The Balaban J connectivity index is 1.59. The Bertz CT molecular complexity index is 1080. The standard InChI is InChI=1S/C22H22N4O4S/c1-2-29-20(27)18-16(24-21(28)25-19(18)17-9-6-12-30-17)14-31-22-23-10-11-26(22)13-15-7-4-3-5-8-15/h3-12,19H,2,13-14H2,1H3,(H2,24,25,28). The number of amides is 2. The summed E-state index contributed by atoms with van der Waals surface area (Å²) in [6.07, 6.45) is 5.14. The van der Waals surface area contributed by atoms with E-state index in [1.54, 1.807) is 25.3 Å². The first kappa shape index (κ1) is 20.8. The van der Waals surface area contributed by atoms with Crippen LogP contribution in [0.25, 0.3) is 0 Å². The van der Waals surface area contributed by atoms with E-state index >= 15 is 0 Å². The molecule has 1 aliphatic heterocycles. The Morgan fingerprint density at radius 1 is 1.26 bits per heavy atom. The van der Waals surface area contributed by atoms with Gasteiger partial charge in [0.2, 0.25) is 0 Å². The number of ether oxygens (including phenoxy) is 1. The van der Waals surface area contributed by atoms with E-state index in [4.69, 9.17) is 9.15 Å². The third kappa shape index (κ3) is 4.83. The highest BCUT2D eigenvalue weighted by Gasteiger charge is 2.35. The molecule has 0 saturated carbocycles. The Labute approximate surface area is 183 Å². The number of hydrogen-bond donors (Lipinski definition) is 2. The summed E-state index contributed by atoms with van der Waals surface area (Å²) in [6, 6.07) is 12.4. The van der Waals surface area contributed by atoms with Crippen LogP contribution >= 0.6 is 11.8 Å². The molecule has 1 unspecified atom stereocenters. The van der Waals surface area contributed by atoms with E-state index in [2.05, 4.69) is 27.8 Å². The molecule has 1 aliphatic rings. The molecule has 160 valence electrons. The second-order valence-corrected chi connectivity index (χ2v) is 7.71. The van der Waals surface area contributed by atoms with Gasteiger partial charge in [-0.1, -0.05) is 42.1 Å². The Kier molecular flexibility index (Phi) is 6.42.